The number of hydrogen-bond donors (Lipinski definition) is 2. The number of aliphatic carboxylic acids is 1. The van der Waals surface area contributed by atoms with E-state index < -0.39 is 24.4 Å². The van der Waals surface area contributed by atoms with Crippen molar-refractivity contribution < 1.29 is 32.6 Å². The van der Waals surface area contributed by atoms with Crippen molar-refractivity contribution >= 4 is 34.7 Å². The van der Waals surface area contributed by atoms with Gasteiger partial charge in [-0.25, -0.2) is 9.37 Å². The molecule has 0 aliphatic carbocycles. The van der Waals surface area contributed by atoms with Crippen molar-refractivity contribution in [1.29, 1.82) is 0 Å². The number of ether oxygens (including phenoxy) is 1. The van der Waals surface area contributed by atoms with E-state index in [0.29, 0.717) is 41.0 Å². The van der Waals surface area contributed by atoms with Crippen LogP contribution < -0.4 is 10.1 Å². The van der Waals surface area contributed by atoms with Crippen LogP contribution in [0.2, 0.25) is 0 Å². The number of carbonyl (C=O) groups excluding carboxylic acids is 1. The Labute approximate surface area is 205 Å². The van der Waals surface area contributed by atoms with Crippen molar-refractivity contribution in [1.82, 2.24) is 4.98 Å². The molecule has 2 N–H and O–H groups in total. The summed E-state index contributed by atoms with van der Waals surface area (Å²) < 4.78 is 37.9. The van der Waals surface area contributed by atoms with Crippen LogP contribution in [0.5, 0.6) is 5.75 Å². The van der Waals surface area contributed by atoms with Gasteiger partial charge in [0, 0.05) is 18.1 Å². The van der Waals surface area contributed by atoms with Crippen molar-refractivity contribution in [2.24, 2.45) is 0 Å². The first kappa shape index (κ1) is 24.6. The maximum Gasteiger partial charge on any atom is 0.307 e. The molecule has 0 radical (unpaired) electrons. The van der Waals surface area contributed by atoms with Crippen LogP contribution in [0.3, 0.4) is 0 Å². The minimum Gasteiger partial charge on any atom is -0.493 e. The van der Waals surface area contributed by atoms with Crippen molar-refractivity contribution in [3.05, 3.63) is 83.7 Å². The highest BCUT2D eigenvalue weighted by molar-refractivity contribution is 6.02. The molecule has 3 aromatic carbocycles. The fourth-order valence-electron chi connectivity index (χ4n) is 3.40. The molecule has 0 aliphatic rings. The molecule has 0 saturated carbocycles. The number of carbonyl (C=O) groups is 2. The number of benzene rings is 3. The first-order valence-corrected chi connectivity index (χ1v) is 11.1. The Kier molecular flexibility index (Phi) is 7.69. The Morgan fingerprint density at radius 2 is 1.89 bits per heavy atom. The van der Waals surface area contributed by atoms with Crippen LogP contribution in [0.25, 0.3) is 28.6 Å². The van der Waals surface area contributed by atoms with E-state index >= 15 is 0 Å². The molecule has 0 saturated heterocycles. The van der Waals surface area contributed by atoms with Gasteiger partial charge in [-0.05, 0) is 59.7 Å². The molecule has 184 valence electrons. The van der Waals surface area contributed by atoms with Gasteiger partial charge in [0.15, 0.2) is 5.58 Å². The van der Waals surface area contributed by atoms with Gasteiger partial charge < -0.3 is 19.6 Å². The van der Waals surface area contributed by atoms with Gasteiger partial charge in [0.05, 0.1) is 25.4 Å². The predicted octanol–water partition coefficient (Wildman–Crippen LogP) is 5.65. The molecule has 4 aromatic rings. The van der Waals surface area contributed by atoms with Crippen LogP contribution >= 0.6 is 0 Å². The Hall–Kier alpha value is -4.53. The maximum atomic E-state index is 14.7. The number of carboxylic acids is 1. The summed E-state index contributed by atoms with van der Waals surface area (Å²) in [4.78, 5) is 27.5. The number of nitrogens with zero attached hydrogens (tertiary/aromatic N) is 1. The molecule has 0 spiro atoms. The highest BCUT2D eigenvalue weighted by Crippen LogP contribution is 2.28. The van der Waals surface area contributed by atoms with E-state index in [9.17, 15) is 18.4 Å². The molecular weight excluding hydrogens is 470 g/mol. The lowest BCUT2D eigenvalue weighted by Crippen LogP contribution is -2.09. The van der Waals surface area contributed by atoms with Crippen molar-refractivity contribution in [3.63, 3.8) is 0 Å². The number of amides is 1. The van der Waals surface area contributed by atoms with Crippen LogP contribution in [-0.4, -0.2) is 35.2 Å². The van der Waals surface area contributed by atoms with Crippen molar-refractivity contribution in [3.8, 4) is 17.2 Å². The van der Waals surface area contributed by atoms with E-state index in [-0.39, 0.29) is 18.0 Å². The summed E-state index contributed by atoms with van der Waals surface area (Å²) in [5, 5.41) is 11.4. The van der Waals surface area contributed by atoms with Gasteiger partial charge in [0.1, 0.15) is 17.1 Å². The lowest BCUT2D eigenvalue weighted by atomic mass is 10.1. The number of halogens is 2. The Balaban J connectivity index is 1.40. The second-order valence-electron chi connectivity index (χ2n) is 7.87. The lowest BCUT2D eigenvalue weighted by molar-refractivity contribution is -0.136. The number of fused-ring (bicyclic) bond motifs is 1. The number of oxazole rings is 1. The zero-order chi connectivity index (χ0) is 25.5. The average molecular weight is 492 g/mol. The third-order valence-electron chi connectivity index (χ3n) is 5.14. The maximum absolute atomic E-state index is 14.7. The minimum atomic E-state index is -0.957. The van der Waals surface area contributed by atoms with Gasteiger partial charge in [0.2, 0.25) is 11.8 Å². The van der Waals surface area contributed by atoms with E-state index in [2.05, 4.69) is 10.3 Å². The SMILES string of the molecule is O=C(O)Cc1ccc2oc(-c3ccc(NC(=O)C=Cc4ccc(OCCCF)cc4)c(F)c3)nc2c1. The van der Waals surface area contributed by atoms with Crippen LogP contribution in [0.15, 0.2) is 71.2 Å². The number of carboxylic acid groups (broad SMARTS) is 1. The molecule has 1 aromatic heterocycles. The molecule has 0 fully saturated rings. The number of hydrogen-bond acceptors (Lipinski definition) is 5. The highest BCUT2D eigenvalue weighted by Gasteiger charge is 2.13. The van der Waals surface area contributed by atoms with Gasteiger partial charge in [-0.15, -0.1) is 0 Å². The number of alkyl halides is 1. The Morgan fingerprint density at radius 1 is 1.08 bits per heavy atom. The highest BCUT2D eigenvalue weighted by atomic mass is 19.1. The van der Waals surface area contributed by atoms with Crippen molar-refractivity contribution in [2.45, 2.75) is 12.8 Å². The second-order valence-corrected chi connectivity index (χ2v) is 7.87. The summed E-state index contributed by atoms with van der Waals surface area (Å²) in [5.74, 6) is -1.37. The quantitative estimate of drug-likeness (QED) is 0.219. The number of anilines is 1. The van der Waals surface area contributed by atoms with E-state index in [1.54, 1.807) is 54.6 Å². The van der Waals surface area contributed by atoms with Gasteiger partial charge in [-0.3, -0.25) is 14.0 Å². The van der Waals surface area contributed by atoms with Crippen molar-refractivity contribution in [2.75, 3.05) is 18.6 Å². The van der Waals surface area contributed by atoms with E-state index in [0.717, 1.165) is 5.56 Å². The van der Waals surface area contributed by atoms with Crippen LogP contribution in [0.1, 0.15) is 17.5 Å². The van der Waals surface area contributed by atoms with E-state index in [4.69, 9.17) is 14.3 Å². The first-order valence-electron chi connectivity index (χ1n) is 11.1. The van der Waals surface area contributed by atoms with Crippen LogP contribution in [0.4, 0.5) is 14.5 Å². The Morgan fingerprint density at radius 3 is 2.61 bits per heavy atom. The van der Waals surface area contributed by atoms with E-state index in [1.807, 2.05) is 0 Å². The zero-order valence-corrected chi connectivity index (χ0v) is 19.0. The monoisotopic (exact) mass is 492 g/mol. The molecule has 1 amide bonds. The summed E-state index contributed by atoms with van der Waals surface area (Å²) in [6.07, 6.45) is 3.03. The topological polar surface area (TPSA) is 102 Å². The fourth-order valence-corrected chi connectivity index (χ4v) is 3.40. The first-order chi connectivity index (χ1) is 17.4. The van der Waals surface area contributed by atoms with E-state index in [1.165, 1.54) is 18.2 Å². The fraction of sp³-hybridized carbons (Fsp3) is 0.148. The van der Waals surface area contributed by atoms with Crippen LogP contribution in [0, 0.1) is 5.82 Å². The molecule has 0 aliphatic heterocycles. The minimum absolute atomic E-state index is 0.00938. The van der Waals surface area contributed by atoms with Gasteiger partial charge in [-0.2, -0.15) is 0 Å². The summed E-state index contributed by atoms with van der Waals surface area (Å²) in [7, 11) is 0. The van der Waals surface area contributed by atoms with Crippen LogP contribution in [-0.2, 0) is 16.0 Å². The average Bonchev–Trinajstić information content (AvgIpc) is 3.28. The summed E-state index contributed by atoms with van der Waals surface area (Å²) in [5.41, 5.74) is 2.58. The molecule has 0 atom stereocenters. The Bertz CT molecular complexity index is 1410. The number of rotatable bonds is 10. The number of aromatic nitrogens is 1. The summed E-state index contributed by atoms with van der Waals surface area (Å²) >= 11 is 0. The molecular formula is C27H22F2N2O5. The third kappa shape index (κ3) is 6.32. The molecule has 36 heavy (non-hydrogen) atoms. The predicted molar refractivity (Wildman–Crippen MR) is 131 cm³/mol. The molecule has 4 rings (SSSR count). The van der Waals surface area contributed by atoms with Gasteiger partial charge in [-0.1, -0.05) is 18.2 Å². The molecule has 0 unspecified atom stereocenters. The largest absolute Gasteiger partial charge is 0.493 e. The summed E-state index contributed by atoms with van der Waals surface area (Å²) in [6.45, 7) is -0.147. The smallest absolute Gasteiger partial charge is 0.307 e. The molecule has 9 heteroatoms. The van der Waals surface area contributed by atoms with Gasteiger partial charge in [0.25, 0.3) is 0 Å². The standard InChI is InChI=1S/C27H22F2N2O5/c28-12-1-13-35-20-7-2-17(3-8-20)5-11-25(32)30-22-9-6-19(16-21(22)29)27-31-23-14-18(15-26(33)34)4-10-24(23)36-27/h2-11,14,16H,1,12-13,15H2,(H,30,32)(H,33,34). The number of nitrogens with one attached hydrogen (secondary N) is 1. The normalized spacial score (nSPS) is 11.2. The molecule has 7 nitrogen and oxygen atoms in total. The second kappa shape index (κ2) is 11.3. The molecule has 0 bridgehead atoms. The lowest BCUT2D eigenvalue weighted by Gasteiger charge is -2.06. The summed E-state index contributed by atoms with van der Waals surface area (Å²) in [6, 6.07) is 16.0. The molecule has 1 heterocycles. The third-order valence-corrected chi connectivity index (χ3v) is 5.14. The zero-order valence-electron chi connectivity index (χ0n) is 19.0. The van der Waals surface area contributed by atoms with Gasteiger partial charge >= 0.3 is 5.97 Å².